The topological polar surface area (TPSA) is 55.0 Å². The molecule has 0 radical (unpaired) electrons. The van der Waals surface area contributed by atoms with Crippen LogP contribution in [0.3, 0.4) is 0 Å². The minimum absolute atomic E-state index is 0.00715. The summed E-state index contributed by atoms with van der Waals surface area (Å²) in [4.78, 5) is 19.3. The average molecular weight is 334 g/mol. The fourth-order valence-electron chi connectivity index (χ4n) is 2.42. The van der Waals surface area contributed by atoms with Gasteiger partial charge in [-0.05, 0) is 37.1 Å². The first-order chi connectivity index (χ1) is 10.6. The molecule has 0 unspecified atom stereocenters. The van der Waals surface area contributed by atoms with Crippen molar-refractivity contribution in [1.29, 1.82) is 0 Å². The van der Waals surface area contributed by atoms with Crippen molar-refractivity contribution in [3.63, 3.8) is 0 Å². The van der Waals surface area contributed by atoms with Crippen LogP contribution in [0.25, 0.3) is 0 Å². The summed E-state index contributed by atoms with van der Waals surface area (Å²) in [6, 6.07) is 6.19. The maximum Gasteiger partial charge on any atom is 0.255 e. The Balaban J connectivity index is 1.55. The maximum atomic E-state index is 11.9. The zero-order valence-corrected chi connectivity index (χ0v) is 14.3. The second-order valence-corrected chi connectivity index (χ2v) is 7.38. The van der Waals surface area contributed by atoms with Gasteiger partial charge >= 0.3 is 0 Å². The number of ether oxygens (including phenoxy) is 1. The van der Waals surface area contributed by atoms with Gasteiger partial charge in [0.25, 0.3) is 5.56 Å². The molecule has 3 rings (SSSR count). The standard InChI is InChI=1S/C16H18N2O2S2/c1-10-5-11(2)7-12(6-10)20-3-4-22-16-17-14-9-21-8-13(14)15(19)18-16/h5-7H,3-4,8-9H2,1-2H3,(H,17,18,19). The fourth-order valence-corrected chi connectivity index (χ4v) is 4.16. The Labute approximate surface area is 138 Å². The van der Waals surface area contributed by atoms with E-state index < -0.39 is 0 Å². The number of thioether (sulfide) groups is 2. The van der Waals surface area contributed by atoms with E-state index in [1.807, 2.05) is 12.1 Å². The third kappa shape index (κ3) is 3.67. The van der Waals surface area contributed by atoms with E-state index in [2.05, 4.69) is 29.9 Å². The normalized spacial score (nSPS) is 13.2. The number of hydrogen-bond acceptors (Lipinski definition) is 5. The first-order valence-electron chi connectivity index (χ1n) is 7.15. The summed E-state index contributed by atoms with van der Waals surface area (Å²) in [5.74, 6) is 3.26. The number of rotatable bonds is 5. The summed E-state index contributed by atoms with van der Waals surface area (Å²) in [6.45, 7) is 4.71. The van der Waals surface area contributed by atoms with Crippen LogP contribution in [0.15, 0.2) is 28.2 Å². The molecule has 1 aromatic heterocycles. The van der Waals surface area contributed by atoms with E-state index >= 15 is 0 Å². The van der Waals surface area contributed by atoms with Gasteiger partial charge in [-0.25, -0.2) is 4.98 Å². The highest BCUT2D eigenvalue weighted by Crippen LogP contribution is 2.26. The van der Waals surface area contributed by atoms with Gasteiger partial charge in [-0.1, -0.05) is 17.8 Å². The quantitative estimate of drug-likeness (QED) is 0.516. The predicted molar refractivity (Wildman–Crippen MR) is 92.0 cm³/mol. The molecule has 0 aliphatic carbocycles. The predicted octanol–water partition coefficient (Wildman–Crippen LogP) is 3.30. The first-order valence-corrected chi connectivity index (χ1v) is 9.29. The zero-order chi connectivity index (χ0) is 15.5. The van der Waals surface area contributed by atoms with Gasteiger partial charge in [0.2, 0.25) is 0 Å². The van der Waals surface area contributed by atoms with Crippen molar-refractivity contribution in [3.8, 4) is 5.75 Å². The Hall–Kier alpha value is -1.40. The largest absolute Gasteiger partial charge is 0.493 e. The molecule has 0 fully saturated rings. The molecular weight excluding hydrogens is 316 g/mol. The lowest BCUT2D eigenvalue weighted by Crippen LogP contribution is -2.15. The molecule has 22 heavy (non-hydrogen) atoms. The molecule has 4 nitrogen and oxygen atoms in total. The third-order valence-corrected chi connectivity index (χ3v) is 5.16. The van der Waals surface area contributed by atoms with E-state index in [1.165, 1.54) is 22.9 Å². The van der Waals surface area contributed by atoms with E-state index in [1.54, 1.807) is 11.8 Å². The minimum atomic E-state index is 0.00715. The van der Waals surface area contributed by atoms with Gasteiger partial charge in [0.1, 0.15) is 5.75 Å². The van der Waals surface area contributed by atoms with Crippen LogP contribution in [0.1, 0.15) is 22.4 Å². The van der Waals surface area contributed by atoms with Crippen LogP contribution >= 0.6 is 23.5 Å². The van der Waals surface area contributed by atoms with Gasteiger partial charge in [0, 0.05) is 22.8 Å². The Morgan fingerprint density at radius 1 is 1.27 bits per heavy atom. The molecule has 0 bridgehead atoms. The van der Waals surface area contributed by atoms with Crippen LogP contribution in [0.2, 0.25) is 0 Å². The van der Waals surface area contributed by atoms with Crippen molar-refractivity contribution in [2.45, 2.75) is 30.5 Å². The van der Waals surface area contributed by atoms with E-state index in [9.17, 15) is 4.79 Å². The monoisotopic (exact) mass is 334 g/mol. The zero-order valence-electron chi connectivity index (χ0n) is 12.6. The molecule has 0 saturated carbocycles. The van der Waals surface area contributed by atoms with Gasteiger partial charge < -0.3 is 9.72 Å². The number of aryl methyl sites for hydroxylation is 2. The summed E-state index contributed by atoms with van der Waals surface area (Å²) in [6.07, 6.45) is 0. The molecule has 2 aromatic rings. The Morgan fingerprint density at radius 2 is 2.05 bits per heavy atom. The number of nitrogens with zero attached hydrogens (tertiary/aromatic N) is 1. The molecule has 1 aliphatic rings. The fraction of sp³-hybridized carbons (Fsp3) is 0.375. The Bertz CT molecular complexity index is 723. The summed E-state index contributed by atoms with van der Waals surface area (Å²) < 4.78 is 5.77. The van der Waals surface area contributed by atoms with Crippen LogP contribution in [0.5, 0.6) is 5.75 Å². The van der Waals surface area contributed by atoms with Crippen molar-refractivity contribution in [2.24, 2.45) is 0 Å². The summed E-state index contributed by atoms with van der Waals surface area (Å²) >= 11 is 3.26. The Kier molecular flexibility index (Phi) is 4.78. The molecule has 1 aromatic carbocycles. The van der Waals surface area contributed by atoms with Gasteiger partial charge in [0.05, 0.1) is 12.3 Å². The molecule has 0 atom stereocenters. The van der Waals surface area contributed by atoms with E-state index in [0.29, 0.717) is 11.8 Å². The molecular formula is C16H18N2O2S2. The average Bonchev–Trinajstić information content (AvgIpc) is 2.91. The number of nitrogens with one attached hydrogen (secondary N) is 1. The third-order valence-electron chi connectivity index (χ3n) is 3.35. The van der Waals surface area contributed by atoms with Crippen LogP contribution < -0.4 is 10.3 Å². The lowest BCUT2D eigenvalue weighted by Gasteiger charge is -2.08. The molecule has 6 heteroatoms. The van der Waals surface area contributed by atoms with Gasteiger partial charge in [-0.3, -0.25) is 4.79 Å². The lowest BCUT2D eigenvalue weighted by molar-refractivity contribution is 0.343. The van der Waals surface area contributed by atoms with Crippen molar-refractivity contribution in [3.05, 3.63) is 50.9 Å². The second kappa shape index (κ2) is 6.79. The smallest absolute Gasteiger partial charge is 0.255 e. The van der Waals surface area contributed by atoms with Crippen LogP contribution in [0, 0.1) is 13.8 Å². The summed E-state index contributed by atoms with van der Waals surface area (Å²) in [5, 5.41) is 0.690. The molecule has 0 spiro atoms. The van der Waals surface area contributed by atoms with Gasteiger partial charge in [-0.15, -0.1) is 0 Å². The van der Waals surface area contributed by atoms with Crippen LogP contribution in [-0.4, -0.2) is 22.3 Å². The number of fused-ring (bicyclic) bond motifs is 1. The van der Waals surface area contributed by atoms with Gasteiger partial charge in [0.15, 0.2) is 5.16 Å². The van der Waals surface area contributed by atoms with Crippen LogP contribution in [0.4, 0.5) is 0 Å². The first kappa shape index (κ1) is 15.5. The Morgan fingerprint density at radius 3 is 2.82 bits per heavy atom. The van der Waals surface area contributed by atoms with Gasteiger partial charge in [-0.2, -0.15) is 11.8 Å². The highest BCUT2D eigenvalue weighted by Gasteiger charge is 2.17. The second-order valence-electron chi connectivity index (χ2n) is 5.31. The highest BCUT2D eigenvalue weighted by molar-refractivity contribution is 7.99. The van der Waals surface area contributed by atoms with E-state index in [4.69, 9.17) is 4.74 Å². The number of benzene rings is 1. The number of aromatic amines is 1. The highest BCUT2D eigenvalue weighted by atomic mass is 32.2. The number of hydrogen-bond donors (Lipinski definition) is 1. The van der Waals surface area contributed by atoms with Crippen molar-refractivity contribution in [2.75, 3.05) is 12.4 Å². The van der Waals surface area contributed by atoms with Crippen molar-refractivity contribution in [1.82, 2.24) is 9.97 Å². The van der Waals surface area contributed by atoms with Crippen LogP contribution in [-0.2, 0) is 11.5 Å². The molecule has 1 aliphatic heterocycles. The number of H-pyrrole nitrogens is 1. The number of aromatic nitrogens is 2. The van der Waals surface area contributed by atoms with Crippen molar-refractivity contribution < 1.29 is 4.74 Å². The molecule has 116 valence electrons. The molecule has 1 N–H and O–H groups in total. The SMILES string of the molecule is Cc1cc(C)cc(OCCSc2nc3c(c(=O)[nH]2)CSC3)c1. The van der Waals surface area contributed by atoms with E-state index in [-0.39, 0.29) is 5.56 Å². The molecule has 2 heterocycles. The lowest BCUT2D eigenvalue weighted by atomic mass is 10.1. The van der Waals surface area contributed by atoms with E-state index in [0.717, 1.165) is 34.3 Å². The minimum Gasteiger partial charge on any atom is -0.493 e. The van der Waals surface area contributed by atoms with Crippen molar-refractivity contribution >= 4 is 23.5 Å². The maximum absolute atomic E-state index is 11.9. The molecule has 0 saturated heterocycles. The summed E-state index contributed by atoms with van der Waals surface area (Å²) in [5.41, 5.74) is 4.18. The molecule has 0 amide bonds. The summed E-state index contributed by atoms with van der Waals surface area (Å²) in [7, 11) is 0.